The third-order valence-electron chi connectivity index (χ3n) is 5.66. The molecule has 0 bridgehead atoms. The standard InChI is InChI=1S/C20H24N4O2/c1-14-21-9-12-23(14)10-4-11-24-18(25)20(2,22-19(24)26)17-8-7-15-5-3-6-16(15)13-17/h7-9,12-13H,3-6,10-11H2,1-2H3,(H,22,26)/t20-/m1/s1. The van der Waals surface area contributed by atoms with Crippen molar-refractivity contribution in [3.8, 4) is 0 Å². The van der Waals surface area contributed by atoms with E-state index in [1.165, 1.54) is 16.0 Å². The summed E-state index contributed by atoms with van der Waals surface area (Å²) in [4.78, 5) is 31.0. The molecule has 1 saturated heterocycles. The number of imidazole rings is 1. The van der Waals surface area contributed by atoms with Crippen LogP contribution in [-0.4, -0.2) is 32.9 Å². The van der Waals surface area contributed by atoms with Gasteiger partial charge < -0.3 is 9.88 Å². The van der Waals surface area contributed by atoms with Gasteiger partial charge in [0, 0.05) is 25.5 Å². The van der Waals surface area contributed by atoms with Gasteiger partial charge in [0.2, 0.25) is 0 Å². The number of aryl methyl sites for hydroxylation is 4. The Balaban J connectivity index is 1.48. The van der Waals surface area contributed by atoms with Gasteiger partial charge in [-0.2, -0.15) is 0 Å². The predicted molar refractivity (Wildman–Crippen MR) is 97.6 cm³/mol. The Labute approximate surface area is 153 Å². The molecule has 1 atom stereocenters. The van der Waals surface area contributed by atoms with Crippen LogP contribution in [0.2, 0.25) is 0 Å². The van der Waals surface area contributed by atoms with Crippen LogP contribution >= 0.6 is 0 Å². The van der Waals surface area contributed by atoms with Crippen LogP contribution in [0.3, 0.4) is 0 Å². The first kappa shape index (κ1) is 16.8. The van der Waals surface area contributed by atoms with E-state index in [0.717, 1.165) is 37.2 Å². The second kappa shape index (κ2) is 6.27. The van der Waals surface area contributed by atoms with Crippen LogP contribution in [0.4, 0.5) is 4.79 Å². The number of fused-ring (bicyclic) bond motifs is 1. The number of hydrogen-bond acceptors (Lipinski definition) is 3. The molecule has 2 aliphatic rings. The number of urea groups is 1. The number of nitrogens with one attached hydrogen (secondary N) is 1. The van der Waals surface area contributed by atoms with Crippen LogP contribution in [0, 0.1) is 6.92 Å². The van der Waals surface area contributed by atoms with Crippen molar-refractivity contribution < 1.29 is 9.59 Å². The fourth-order valence-corrected chi connectivity index (χ4v) is 4.02. The van der Waals surface area contributed by atoms with Gasteiger partial charge in [-0.15, -0.1) is 0 Å². The van der Waals surface area contributed by atoms with Crippen molar-refractivity contribution in [1.82, 2.24) is 19.8 Å². The summed E-state index contributed by atoms with van der Waals surface area (Å²) in [6.45, 7) is 4.89. The van der Waals surface area contributed by atoms with Crippen molar-refractivity contribution in [2.75, 3.05) is 6.54 Å². The zero-order valence-electron chi connectivity index (χ0n) is 15.3. The number of carbonyl (C=O) groups is 2. The number of imide groups is 1. The average molecular weight is 352 g/mol. The Kier molecular flexibility index (Phi) is 4.05. The Morgan fingerprint density at radius 3 is 2.77 bits per heavy atom. The van der Waals surface area contributed by atoms with Gasteiger partial charge in [0.05, 0.1) is 0 Å². The fourth-order valence-electron chi connectivity index (χ4n) is 4.02. The van der Waals surface area contributed by atoms with Crippen LogP contribution in [-0.2, 0) is 29.7 Å². The van der Waals surface area contributed by atoms with E-state index in [1.54, 1.807) is 6.20 Å². The highest BCUT2D eigenvalue weighted by Crippen LogP contribution is 2.32. The maximum absolute atomic E-state index is 13.0. The number of nitrogens with zero attached hydrogens (tertiary/aromatic N) is 3. The summed E-state index contributed by atoms with van der Waals surface area (Å²) in [5.41, 5.74) is 2.57. The van der Waals surface area contributed by atoms with E-state index in [9.17, 15) is 9.59 Å². The first-order valence-electron chi connectivity index (χ1n) is 9.23. The van der Waals surface area contributed by atoms with Crippen LogP contribution in [0.15, 0.2) is 30.6 Å². The molecule has 0 unspecified atom stereocenters. The molecule has 0 spiro atoms. The number of benzene rings is 1. The Hall–Kier alpha value is -2.63. The molecule has 136 valence electrons. The maximum atomic E-state index is 13.0. The normalized spacial score (nSPS) is 22.0. The summed E-state index contributed by atoms with van der Waals surface area (Å²) in [6.07, 6.45) is 7.69. The quantitative estimate of drug-likeness (QED) is 0.841. The van der Waals surface area contributed by atoms with Gasteiger partial charge in [0.25, 0.3) is 5.91 Å². The van der Waals surface area contributed by atoms with Crippen molar-refractivity contribution in [3.63, 3.8) is 0 Å². The lowest BCUT2D eigenvalue weighted by Crippen LogP contribution is -2.41. The van der Waals surface area contributed by atoms with Crippen molar-refractivity contribution in [2.24, 2.45) is 0 Å². The number of aromatic nitrogens is 2. The second-order valence-corrected chi connectivity index (χ2v) is 7.37. The molecular weight excluding hydrogens is 328 g/mol. The van der Waals surface area contributed by atoms with Crippen molar-refractivity contribution in [2.45, 2.75) is 51.6 Å². The minimum absolute atomic E-state index is 0.164. The first-order valence-corrected chi connectivity index (χ1v) is 9.23. The van der Waals surface area contributed by atoms with Gasteiger partial charge in [-0.05, 0) is 56.2 Å². The van der Waals surface area contributed by atoms with E-state index < -0.39 is 5.54 Å². The molecule has 26 heavy (non-hydrogen) atoms. The molecular formula is C20H24N4O2. The molecule has 4 rings (SSSR count). The molecule has 6 nitrogen and oxygen atoms in total. The minimum Gasteiger partial charge on any atom is -0.335 e. The summed E-state index contributed by atoms with van der Waals surface area (Å²) in [6, 6.07) is 5.88. The summed E-state index contributed by atoms with van der Waals surface area (Å²) >= 11 is 0. The van der Waals surface area contributed by atoms with Crippen LogP contribution in [0.25, 0.3) is 0 Å². The second-order valence-electron chi connectivity index (χ2n) is 7.37. The maximum Gasteiger partial charge on any atom is 0.325 e. The Bertz CT molecular complexity index is 872. The van der Waals surface area contributed by atoms with E-state index in [-0.39, 0.29) is 11.9 Å². The largest absolute Gasteiger partial charge is 0.335 e. The lowest BCUT2D eigenvalue weighted by Gasteiger charge is -2.23. The molecule has 1 aliphatic heterocycles. The Morgan fingerprint density at radius 1 is 1.19 bits per heavy atom. The van der Waals surface area contributed by atoms with Gasteiger partial charge in [-0.25, -0.2) is 9.78 Å². The lowest BCUT2D eigenvalue weighted by molar-refractivity contribution is -0.131. The molecule has 1 N–H and O–H groups in total. The van der Waals surface area contributed by atoms with Crippen LogP contribution in [0.5, 0.6) is 0 Å². The minimum atomic E-state index is -0.973. The molecule has 0 saturated carbocycles. The van der Waals surface area contributed by atoms with Crippen LogP contribution in [0.1, 0.15) is 42.3 Å². The first-order chi connectivity index (χ1) is 12.5. The van der Waals surface area contributed by atoms with E-state index in [2.05, 4.69) is 22.4 Å². The lowest BCUT2D eigenvalue weighted by atomic mass is 9.89. The van der Waals surface area contributed by atoms with Crippen molar-refractivity contribution in [3.05, 3.63) is 53.1 Å². The highest BCUT2D eigenvalue weighted by Gasteiger charge is 2.48. The summed E-state index contributed by atoms with van der Waals surface area (Å²) < 4.78 is 2.03. The topological polar surface area (TPSA) is 67.2 Å². The Morgan fingerprint density at radius 2 is 2.00 bits per heavy atom. The third-order valence-corrected chi connectivity index (χ3v) is 5.66. The number of carbonyl (C=O) groups excluding carboxylic acids is 2. The van der Waals surface area contributed by atoms with Gasteiger partial charge >= 0.3 is 6.03 Å². The predicted octanol–water partition coefficient (Wildman–Crippen LogP) is 2.54. The molecule has 1 aliphatic carbocycles. The molecule has 3 amide bonds. The highest BCUT2D eigenvalue weighted by atomic mass is 16.2. The van der Waals surface area contributed by atoms with Gasteiger partial charge in [0.15, 0.2) is 0 Å². The number of rotatable bonds is 5. The third kappa shape index (κ3) is 2.69. The van der Waals surface area contributed by atoms with Crippen molar-refractivity contribution in [1.29, 1.82) is 0 Å². The smallest absolute Gasteiger partial charge is 0.325 e. The van der Waals surface area contributed by atoms with E-state index in [0.29, 0.717) is 13.0 Å². The molecule has 0 radical (unpaired) electrons. The molecule has 1 aromatic heterocycles. The fraction of sp³-hybridized carbons (Fsp3) is 0.450. The van der Waals surface area contributed by atoms with Gasteiger partial charge in [-0.3, -0.25) is 9.69 Å². The molecule has 2 aromatic rings. The van der Waals surface area contributed by atoms with Crippen LogP contribution < -0.4 is 5.32 Å². The van der Waals surface area contributed by atoms with E-state index in [1.807, 2.05) is 30.7 Å². The SMILES string of the molecule is Cc1nccn1CCCN1C(=O)N[C@](C)(c2ccc3c(c2)CCC3)C1=O. The van der Waals surface area contributed by atoms with E-state index in [4.69, 9.17) is 0 Å². The number of hydrogen-bond donors (Lipinski definition) is 1. The molecule has 6 heteroatoms. The summed E-state index contributed by atoms with van der Waals surface area (Å²) in [5.74, 6) is 0.771. The number of amides is 3. The molecule has 2 heterocycles. The summed E-state index contributed by atoms with van der Waals surface area (Å²) in [7, 11) is 0. The highest BCUT2D eigenvalue weighted by molar-refractivity contribution is 6.07. The van der Waals surface area contributed by atoms with E-state index >= 15 is 0 Å². The van der Waals surface area contributed by atoms with Gasteiger partial charge in [0.1, 0.15) is 11.4 Å². The summed E-state index contributed by atoms with van der Waals surface area (Å²) in [5, 5.41) is 2.91. The zero-order chi connectivity index (χ0) is 18.3. The molecule has 1 fully saturated rings. The zero-order valence-corrected chi connectivity index (χ0v) is 15.3. The molecule has 1 aromatic carbocycles. The monoisotopic (exact) mass is 352 g/mol. The van der Waals surface area contributed by atoms with Gasteiger partial charge in [-0.1, -0.05) is 18.2 Å². The average Bonchev–Trinajstić information content (AvgIpc) is 3.30. The van der Waals surface area contributed by atoms with Crippen molar-refractivity contribution >= 4 is 11.9 Å².